The fraction of sp³-hybridized carbons (Fsp3) is 0.429. The first kappa shape index (κ1) is 9.02. The predicted molar refractivity (Wildman–Crippen MR) is 63.8 cm³/mol. The molecule has 1 fully saturated rings. The van der Waals surface area contributed by atoms with Crippen molar-refractivity contribution in [2.75, 3.05) is 11.9 Å². The topological polar surface area (TPSA) is 12.0 Å². The molecule has 1 saturated carbocycles. The van der Waals surface area contributed by atoms with Crippen LogP contribution in [0.5, 0.6) is 0 Å². The van der Waals surface area contributed by atoms with E-state index in [9.17, 15) is 0 Å². The molecule has 1 heteroatoms. The Morgan fingerprint density at radius 1 is 1.07 bits per heavy atom. The van der Waals surface area contributed by atoms with Crippen LogP contribution in [0.4, 0.5) is 5.69 Å². The molecule has 15 heavy (non-hydrogen) atoms. The first-order valence-corrected chi connectivity index (χ1v) is 5.89. The molecule has 1 N–H and O–H groups in total. The van der Waals surface area contributed by atoms with Crippen LogP contribution in [0.2, 0.25) is 0 Å². The van der Waals surface area contributed by atoms with Crippen molar-refractivity contribution in [1.29, 1.82) is 0 Å². The van der Waals surface area contributed by atoms with Crippen molar-refractivity contribution < 1.29 is 0 Å². The van der Waals surface area contributed by atoms with E-state index in [4.69, 9.17) is 0 Å². The van der Waals surface area contributed by atoms with Crippen molar-refractivity contribution in [2.45, 2.75) is 12.8 Å². The van der Waals surface area contributed by atoms with Crippen LogP contribution in [-0.4, -0.2) is 6.54 Å². The van der Waals surface area contributed by atoms with Gasteiger partial charge in [-0.25, -0.2) is 0 Å². The van der Waals surface area contributed by atoms with Crippen LogP contribution >= 0.6 is 0 Å². The molecule has 0 radical (unpaired) electrons. The van der Waals surface area contributed by atoms with Crippen molar-refractivity contribution >= 4 is 5.69 Å². The summed E-state index contributed by atoms with van der Waals surface area (Å²) >= 11 is 0. The third-order valence-corrected chi connectivity index (χ3v) is 3.76. The molecule has 0 spiro atoms. The van der Waals surface area contributed by atoms with E-state index in [0.717, 1.165) is 24.3 Å². The van der Waals surface area contributed by atoms with Gasteiger partial charge in [0.25, 0.3) is 0 Å². The van der Waals surface area contributed by atoms with Gasteiger partial charge in [-0.1, -0.05) is 30.4 Å². The maximum absolute atomic E-state index is 3.54. The lowest BCUT2D eigenvalue weighted by atomic mass is 9.93. The van der Waals surface area contributed by atoms with E-state index in [-0.39, 0.29) is 0 Å². The molecule has 2 aliphatic carbocycles. The van der Waals surface area contributed by atoms with Crippen molar-refractivity contribution in [2.24, 2.45) is 17.8 Å². The first-order chi connectivity index (χ1) is 7.42. The van der Waals surface area contributed by atoms with E-state index in [1.807, 2.05) is 0 Å². The lowest BCUT2D eigenvalue weighted by Gasteiger charge is -2.19. The molecular formula is C14H17N. The highest BCUT2D eigenvalue weighted by Crippen LogP contribution is 2.43. The average molecular weight is 199 g/mol. The molecule has 0 amide bonds. The monoisotopic (exact) mass is 199 g/mol. The average Bonchev–Trinajstić information content (AvgIpc) is 2.89. The highest BCUT2D eigenvalue weighted by atomic mass is 14.9. The summed E-state index contributed by atoms with van der Waals surface area (Å²) < 4.78 is 0. The lowest BCUT2D eigenvalue weighted by molar-refractivity contribution is 0.472. The summed E-state index contributed by atoms with van der Waals surface area (Å²) in [5.41, 5.74) is 1.25. The maximum Gasteiger partial charge on any atom is 0.0340 e. The zero-order chi connectivity index (χ0) is 10.1. The molecule has 1 aromatic carbocycles. The Bertz CT molecular complexity index is 355. The minimum absolute atomic E-state index is 0.853. The summed E-state index contributed by atoms with van der Waals surface area (Å²) in [6.07, 6.45) is 7.62. The normalized spacial score (nSPS) is 32.1. The van der Waals surface area contributed by atoms with Crippen LogP contribution in [0, 0.1) is 17.8 Å². The molecule has 2 bridgehead atoms. The maximum atomic E-state index is 3.54. The van der Waals surface area contributed by atoms with Gasteiger partial charge in [0.2, 0.25) is 0 Å². The molecular weight excluding hydrogens is 182 g/mol. The number of anilines is 1. The molecule has 1 aromatic rings. The van der Waals surface area contributed by atoms with E-state index in [0.29, 0.717) is 0 Å². The standard InChI is InChI=1S/C14H17N/c1-2-4-14(5-3-1)15-10-13-9-11-6-7-12(13)8-11/h1-7,11-13,15H,8-10H2/t11-,12+,13-/m1/s1. The summed E-state index contributed by atoms with van der Waals surface area (Å²) in [5, 5.41) is 3.54. The van der Waals surface area contributed by atoms with Crippen LogP contribution in [0.1, 0.15) is 12.8 Å². The third-order valence-electron chi connectivity index (χ3n) is 3.76. The fourth-order valence-electron chi connectivity index (χ4n) is 2.93. The molecule has 0 unspecified atom stereocenters. The van der Waals surface area contributed by atoms with Crippen LogP contribution in [0.15, 0.2) is 42.5 Å². The summed E-state index contributed by atoms with van der Waals surface area (Å²) in [4.78, 5) is 0. The van der Waals surface area contributed by atoms with Gasteiger partial charge in [0.15, 0.2) is 0 Å². The first-order valence-electron chi connectivity index (χ1n) is 5.89. The molecule has 2 aliphatic rings. The molecule has 3 atom stereocenters. The van der Waals surface area contributed by atoms with Crippen molar-refractivity contribution in [3.05, 3.63) is 42.5 Å². The highest BCUT2D eigenvalue weighted by molar-refractivity contribution is 5.42. The van der Waals surface area contributed by atoms with E-state index in [1.165, 1.54) is 18.5 Å². The lowest BCUT2D eigenvalue weighted by Crippen LogP contribution is -2.18. The van der Waals surface area contributed by atoms with Gasteiger partial charge in [0.1, 0.15) is 0 Å². The van der Waals surface area contributed by atoms with E-state index in [1.54, 1.807) is 0 Å². The number of para-hydroxylation sites is 1. The number of rotatable bonds is 3. The summed E-state index contributed by atoms with van der Waals surface area (Å²) in [6.45, 7) is 1.13. The van der Waals surface area contributed by atoms with Gasteiger partial charge in [0.05, 0.1) is 0 Å². The Kier molecular flexibility index (Phi) is 2.24. The zero-order valence-electron chi connectivity index (χ0n) is 8.89. The minimum Gasteiger partial charge on any atom is -0.385 e. The number of allylic oxidation sites excluding steroid dienone is 2. The second kappa shape index (κ2) is 3.73. The van der Waals surface area contributed by atoms with Crippen LogP contribution in [-0.2, 0) is 0 Å². The number of nitrogens with one attached hydrogen (secondary N) is 1. The van der Waals surface area contributed by atoms with Crippen LogP contribution in [0.25, 0.3) is 0 Å². The molecule has 0 aromatic heterocycles. The van der Waals surface area contributed by atoms with Crippen molar-refractivity contribution in [3.8, 4) is 0 Å². The minimum atomic E-state index is 0.853. The van der Waals surface area contributed by atoms with Gasteiger partial charge < -0.3 is 5.32 Å². The van der Waals surface area contributed by atoms with E-state index >= 15 is 0 Å². The molecule has 78 valence electrons. The summed E-state index contributed by atoms with van der Waals surface area (Å²) in [7, 11) is 0. The van der Waals surface area contributed by atoms with Crippen LogP contribution < -0.4 is 5.32 Å². The largest absolute Gasteiger partial charge is 0.385 e. The number of hydrogen-bond donors (Lipinski definition) is 1. The smallest absolute Gasteiger partial charge is 0.0340 e. The van der Waals surface area contributed by atoms with Gasteiger partial charge in [-0.05, 0) is 42.7 Å². The Morgan fingerprint density at radius 3 is 2.60 bits per heavy atom. The Balaban J connectivity index is 1.57. The molecule has 0 saturated heterocycles. The molecule has 0 aliphatic heterocycles. The SMILES string of the molecule is C1=C[C@H]2C[C@@H]1C[C@@H]2CNc1ccccc1. The predicted octanol–water partition coefficient (Wildman–Crippen LogP) is 3.31. The van der Waals surface area contributed by atoms with Crippen molar-refractivity contribution in [3.63, 3.8) is 0 Å². The van der Waals surface area contributed by atoms with Gasteiger partial charge in [-0.2, -0.15) is 0 Å². The van der Waals surface area contributed by atoms with Gasteiger partial charge in [0, 0.05) is 12.2 Å². The number of hydrogen-bond acceptors (Lipinski definition) is 1. The second-order valence-electron chi connectivity index (χ2n) is 4.79. The van der Waals surface area contributed by atoms with Crippen molar-refractivity contribution in [1.82, 2.24) is 0 Å². The molecule has 3 rings (SSSR count). The second-order valence-corrected chi connectivity index (χ2v) is 4.79. The summed E-state index contributed by atoms with van der Waals surface area (Å²) in [6, 6.07) is 10.5. The third kappa shape index (κ3) is 1.79. The Hall–Kier alpha value is -1.24. The molecule has 0 heterocycles. The van der Waals surface area contributed by atoms with E-state index in [2.05, 4.69) is 47.8 Å². The highest BCUT2D eigenvalue weighted by Gasteiger charge is 2.34. The van der Waals surface area contributed by atoms with Gasteiger partial charge in [-0.15, -0.1) is 0 Å². The number of benzene rings is 1. The zero-order valence-corrected chi connectivity index (χ0v) is 8.89. The van der Waals surface area contributed by atoms with Gasteiger partial charge >= 0.3 is 0 Å². The number of fused-ring (bicyclic) bond motifs is 2. The Morgan fingerprint density at radius 2 is 1.93 bits per heavy atom. The van der Waals surface area contributed by atoms with Gasteiger partial charge in [-0.3, -0.25) is 0 Å². The van der Waals surface area contributed by atoms with E-state index < -0.39 is 0 Å². The fourth-order valence-corrected chi connectivity index (χ4v) is 2.93. The molecule has 1 nitrogen and oxygen atoms in total. The Labute approximate surface area is 91.2 Å². The van der Waals surface area contributed by atoms with Crippen LogP contribution in [0.3, 0.4) is 0 Å². The summed E-state index contributed by atoms with van der Waals surface area (Å²) in [5.74, 6) is 2.60. The quantitative estimate of drug-likeness (QED) is 0.736.